The Hall–Kier alpha value is -4.10. The zero-order chi connectivity index (χ0) is 23.8. The number of hydrogen-bond donors (Lipinski definition) is 0. The maximum Gasteiger partial charge on any atom is 0.296 e. The van der Waals surface area contributed by atoms with Gasteiger partial charge in [0.05, 0.1) is 0 Å². The van der Waals surface area contributed by atoms with Gasteiger partial charge >= 0.3 is 0 Å². The lowest BCUT2D eigenvalue weighted by Gasteiger charge is -2.34. The van der Waals surface area contributed by atoms with Gasteiger partial charge in [-0.15, -0.1) is 0 Å². The molecule has 7 heteroatoms. The molecule has 1 fully saturated rings. The highest BCUT2D eigenvalue weighted by Gasteiger charge is 2.30. The lowest BCUT2D eigenvalue weighted by molar-refractivity contribution is -0.128. The summed E-state index contributed by atoms with van der Waals surface area (Å²) in [6.45, 7) is 3.45. The van der Waals surface area contributed by atoms with Crippen molar-refractivity contribution in [1.29, 1.82) is 0 Å². The molecular formula is C28H25N3O4. The summed E-state index contributed by atoms with van der Waals surface area (Å²) in [5.41, 5.74) is 4.13. The number of fused-ring (bicyclic) bond motifs is 2. The summed E-state index contributed by atoms with van der Waals surface area (Å²) in [5, 5.41) is 0. The zero-order valence-electron chi connectivity index (χ0n) is 19.2. The van der Waals surface area contributed by atoms with Gasteiger partial charge in [0.15, 0.2) is 11.5 Å². The molecule has 176 valence electrons. The average Bonchev–Trinajstić information content (AvgIpc) is 3.53. The van der Waals surface area contributed by atoms with E-state index in [4.69, 9.17) is 9.47 Å². The Morgan fingerprint density at radius 1 is 0.800 bits per heavy atom. The van der Waals surface area contributed by atoms with E-state index in [1.807, 2.05) is 83.4 Å². The molecule has 0 saturated carbocycles. The van der Waals surface area contributed by atoms with Crippen molar-refractivity contribution in [3.8, 4) is 22.6 Å². The molecule has 35 heavy (non-hydrogen) atoms. The van der Waals surface area contributed by atoms with Crippen molar-refractivity contribution in [2.45, 2.75) is 6.54 Å². The van der Waals surface area contributed by atoms with Gasteiger partial charge < -0.3 is 18.8 Å². The summed E-state index contributed by atoms with van der Waals surface area (Å²) in [6.07, 6.45) is 1.84. The Labute approximate surface area is 203 Å². The molecule has 4 heterocycles. The van der Waals surface area contributed by atoms with Crippen LogP contribution in [0.1, 0.15) is 16.1 Å². The summed E-state index contributed by atoms with van der Waals surface area (Å²) in [5.74, 6) is 0.624. The van der Waals surface area contributed by atoms with E-state index in [1.54, 1.807) is 4.90 Å². The third-order valence-electron chi connectivity index (χ3n) is 6.68. The van der Waals surface area contributed by atoms with E-state index in [-0.39, 0.29) is 6.79 Å². The first-order chi connectivity index (χ1) is 17.2. The van der Waals surface area contributed by atoms with Crippen molar-refractivity contribution in [2.75, 3.05) is 33.0 Å². The number of hydrogen-bond acceptors (Lipinski definition) is 5. The van der Waals surface area contributed by atoms with Crippen molar-refractivity contribution < 1.29 is 19.1 Å². The number of amides is 1. The first-order valence-electron chi connectivity index (χ1n) is 11.8. The van der Waals surface area contributed by atoms with Gasteiger partial charge in [-0.2, -0.15) is 0 Å². The highest BCUT2D eigenvalue weighted by molar-refractivity contribution is 6.43. The van der Waals surface area contributed by atoms with Crippen LogP contribution in [0.25, 0.3) is 16.6 Å². The molecule has 2 aromatic carbocycles. The molecule has 0 radical (unpaired) electrons. The van der Waals surface area contributed by atoms with Crippen LogP contribution in [0.15, 0.2) is 79.0 Å². The minimum absolute atomic E-state index is 0.260. The lowest BCUT2D eigenvalue weighted by atomic mass is 10.0. The monoisotopic (exact) mass is 467 g/mol. The van der Waals surface area contributed by atoms with Gasteiger partial charge in [0.1, 0.15) is 5.69 Å². The van der Waals surface area contributed by atoms with Gasteiger partial charge in [-0.25, -0.2) is 0 Å². The highest BCUT2D eigenvalue weighted by atomic mass is 16.7. The Morgan fingerprint density at radius 3 is 2.40 bits per heavy atom. The Morgan fingerprint density at radius 2 is 1.57 bits per heavy atom. The van der Waals surface area contributed by atoms with Gasteiger partial charge in [-0.3, -0.25) is 14.5 Å². The molecule has 6 rings (SSSR count). The SMILES string of the molecule is O=C(C(=O)N1CCN(Cc2ccc3c(c2)OCO3)CC1)c1c(-c2ccccc2)cc2ccccn12. The summed E-state index contributed by atoms with van der Waals surface area (Å²) in [4.78, 5) is 30.8. The molecule has 1 amide bonds. The lowest BCUT2D eigenvalue weighted by Crippen LogP contribution is -2.50. The number of piperazine rings is 1. The molecule has 0 bridgehead atoms. The quantitative estimate of drug-likeness (QED) is 0.330. The van der Waals surface area contributed by atoms with Crippen LogP contribution in [-0.4, -0.2) is 58.9 Å². The molecule has 0 atom stereocenters. The van der Waals surface area contributed by atoms with E-state index >= 15 is 0 Å². The van der Waals surface area contributed by atoms with Crippen LogP contribution in [0, 0.1) is 0 Å². The molecule has 2 aliphatic rings. The van der Waals surface area contributed by atoms with Crippen molar-refractivity contribution >= 4 is 17.2 Å². The van der Waals surface area contributed by atoms with Crippen LogP contribution in [0.2, 0.25) is 0 Å². The second-order valence-corrected chi connectivity index (χ2v) is 8.85. The van der Waals surface area contributed by atoms with Crippen molar-refractivity contribution in [3.63, 3.8) is 0 Å². The number of ether oxygens (including phenoxy) is 2. The average molecular weight is 468 g/mol. The summed E-state index contributed by atoms with van der Waals surface area (Å²) >= 11 is 0. The van der Waals surface area contributed by atoms with E-state index in [2.05, 4.69) is 4.90 Å². The Balaban J connectivity index is 1.18. The predicted octanol–water partition coefficient (Wildman–Crippen LogP) is 3.86. The summed E-state index contributed by atoms with van der Waals surface area (Å²) in [7, 11) is 0. The number of pyridine rings is 1. The molecule has 2 aliphatic heterocycles. The van der Waals surface area contributed by atoms with Crippen LogP contribution < -0.4 is 9.47 Å². The fourth-order valence-corrected chi connectivity index (χ4v) is 4.84. The van der Waals surface area contributed by atoms with Gasteiger partial charge in [0.25, 0.3) is 11.7 Å². The maximum atomic E-state index is 13.5. The van der Waals surface area contributed by atoms with Crippen molar-refractivity contribution in [3.05, 3.63) is 90.3 Å². The molecule has 0 N–H and O–H groups in total. The maximum absolute atomic E-state index is 13.5. The fourth-order valence-electron chi connectivity index (χ4n) is 4.84. The summed E-state index contributed by atoms with van der Waals surface area (Å²) < 4.78 is 12.7. The standard InChI is InChI=1S/C28H25N3O4/c32-27(26-23(21-6-2-1-3-7-21)17-22-8-4-5-11-31(22)26)28(33)30-14-12-29(13-15-30)18-20-9-10-24-25(16-20)35-19-34-24/h1-11,16-17H,12-15,18-19H2. The number of nitrogens with zero attached hydrogens (tertiary/aromatic N) is 3. The van der Waals surface area contributed by atoms with Crippen LogP contribution in [0.5, 0.6) is 11.5 Å². The van der Waals surface area contributed by atoms with Gasteiger partial charge in [-0.05, 0) is 41.5 Å². The van der Waals surface area contributed by atoms with Gasteiger partial charge in [-0.1, -0.05) is 42.5 Å². The zero-order valence-corrected chi connectivity index (χ0v) is 19.2. The molecule has 7 nitrogen and oxygen atoms in total. The van der Waals surface area contributed by atoms with E-state index in [0.717, 1.165) is 40.3 Å². The summed E-state index contributed by atoms with van der Waals surface area (Å²) in [6, 6.07) is 23.4. The number of rotatable bonds is 5. The fraction of sp³-hybridized carbons (Fsp3) is 0.214. The largest absolute Gasteiger partial charge is 0.454 e. The van der Waals surface area contributed by atoms with Crippen LogP contribution >= 0.6 is 0 Å². The number of benzene rings is 2. The first kappa shape index (κ1) is 21.4. The minimum atomic E-state index is -0.473. The van der Waals surface area contributed by atoms with E-state index in [0.29, 0.717) is 31.9 Å². The molecule has 0 aliphatic carbocycles. The smallest absolute Gasteiger partial charge is 0.296 e. The highest BCUT2D eigenvalue weighted by Crippen LogP contribution is 2.33. The predicted molar refractivity (Wildman–Crippen MR) is 132 cm³/mol. The molecule has 1 saturated heterocycles. The molecular weight excluding hydrogens is 442 g/mol. The third-order valence-corrected chi connectivity index (χ3v) is 6.68. The molecule has 0 unspecified atom stereocenters. The molecule has 2 aromatic heterocycles. The molecule has 4 aromatic rings. The number of aromatic nitrogens is 1. The van der Waals surface area contributed by atoms with Crippen molar-refractivity contribution in [1.82, 2.24) is 14.2 Å². The Bertz CT molecular complexity index is 1400. The van der Waals surface area contributed by atoms with E-state index in [1.165, 1.54) is 0 Å². The second-order valence-electron chi connectivity index (χ2n) is 8.85. The minimum Gasteiger partial charge on any atom is -0.454 e. The van der Waals surface area contributed by atoms with Crippen LogP contribution in [0.4, 0.5) is 0 Å². The van der Waals surface area contributed by atoms with Crippen LogP contribution in [-0.2, 0) is 11.3 Å². The number of Topliss-reactive ketones (excluding diaryl/α,β-unsaturated/α-hetero) is 1. The number of carbonyl (C=O) groups excluding carboxylic acids is 2. The third kappa shape index (κ3) is 4.04. The molecule has 0 spiro atoms. The first-order valence-corrected chi connectivity index (χ1v) is 11.8. The Kier molecular flexibility index (Phi) is 5.47. The van der Waals surface area contributed by atoms with E-state index in [9.17, 15) is 9.59 Å². The van der Waals surface area contributed by atoms with Gasteiger partial charge in [0.2, 0.25) is 6.79 Å². The second kappa shape index (κ2) is 8.92. The topological polar surface area (TPSA) is 63.5 Å². The van der Waals surface area contributed by atoms with Crippen molar-refractivity contribution in [2.24, 2.45) is 0 Å². The van der Waals surface area contributed by atoms with Gasteiger partial charge in [0, 0.05) is 50.0 Å². The van der Waals surface area contributed by atoms with Crippen LogP contribution in [0.3, 0.4) is 0 Å². The number of ketones is 1. The van der Waals surface area contributed by atoms with E-state index < -0.39 is 11.7 Å². The normalized spacial score (nSPS) is 15.5. The number of carbonyl (C=O) groups is 2.